The Labute approximate surface area is 190 Å². The number of carboxylic acid groups (broad SMARTS) is 1. The van der Waals surface area contributed by atoms with Crippen molar-refractivity contribution in [1.82, 2.24) is 9.88 Å². The molecule has 2 amide bonds. The van der Waals surface area contributed by atoms with Gasteiger partial charge < -0.3 is 9.67 Å². The van der Waals surface area contributed by atoms with Crippen molar-refractivity contribution < 1.29 is 19.5 Å². The van der Waals surface area contributed by atoms with Crippen LogP contribution in [0.4, 0.5) is 5.69 Å². The molecule has 0 unspecified atom stereocenters. The van der Waals surface area contributed by atoms with E-state index in [0.29, 0.717) is 5.69 Å². The van der Waals surface area contributed by atoms with Gasteiger partial charge in [0.25, 0.3) is 11.8 Å². The van der Waals surface area contributed by atoms with Gasteiger partial charge in [0.2, 0.25) is 0 Å². The number of carbonyl (C=O) groups is 3. The number of nitrogens with zero attached hydrogens (tertiary/aromatic N) is 2. The summed E-state index contributed by atoms with van der Waals surface area (Å²) in [5.41, 5.74) is 1.60. The molecule has 1 fully saturated rings. The van der Waals surface area contributed by atoms with Gasteiger partial charge in [-0.25, -0.2) is 4.79 Å². The molecule has 0 spiro atoms. The molecule has 2 N–H and O–H groups in total. The Morgan fingerprint density at radius 1 is 1.03 bits per heavy atom. The summed E-state index contributed by atoms with van der Waals surface area (Å²) in [6.07, 6.45) is 3.30. The summed E-state index contributed by atoms with van der Waals surface area (Å²) in [5, 5.41) is 11.6. The molecule has 0 radical (unpaired) electrons. The van der Waals surface area contributed by atoms with Crippen LogP contribution in [-0.4, -0.2) is 32.6 Å². The van der Waals surface area contributed by atoms with Crippen LogP contribution < -0.4 is 10.2 Å². The van der Waals surface area contributed by atoms with E-state index in [0.717, 1.165) is 15.1 Å². The zero-order valence-corrected chi connectivity index (χ0v) is 18.2. The third-order valence-corrected chi connectivity index (χ3v) is 5.44. The predicted molar refractivity (Wildman–Crippen MR) is 123 cm³/mol. The highest BCUT2D eigenvalue weighted by molar-refractivity contribution is 9.10. The van der Waals surface area contributed by atoms with Crippen molar-refractivity contribution >= 4 is 62.8 Å². The SMILES string of the molecule is O=C1NC(=S)N(c2cccc(C(=O)O)c2)C(=O)C1=Cc1cccn1-c1ccc(Br)cc1. The fourth-order valence-electron chi connectivity index (χ4n) is 3.17. The van der Waals surface area contributed by atoms with E-state index in [1.807, 2.05) is 35.0 Å². The number of aromatic carboxylic acids is 1. The maximum atomic E-state index is 13.2. The van der Waals surface area contributed by atoms with E-state index >= 15 is 0 Å². The number of hydrogen-bond acceptors (Lipinski definition) is 4. The van der Waals surface area contributed by atoms with Crippen LogP contribution in [0.2, 0.25) is 0 Å². The lowest BCUT2D eigenvalue weighted by molar-refractivity contribution is -0.122. The third-order valence-electron chi connectivity index (χ3n) is 4.63. The minimum Gasteiger partial charge on any atom is -0.478 e. The number of nitrogens with one attached hydrogen (secondary N) is 1. The van der Waals surface area contributed by atoms with Crippen molar-refractivity contribution in [1.29, 1.82) is 0 Å². The number of rotatable bonds is 4. The topological polar surface area (TPSA) is 91.6 Å². The van der Waals surface area contributed by atoms with E-state index < -0.39 is 17.8 Å². The van der Waals surface area contributed by atoms with E-state index in [4.69, 9.17) is 12.2 Å². The van der Waals surface area contributed by atoms with Crippen molar-refractivity contribution in [2.45, 2.75) is 0 Å². The molecule has 4 rings (SSSR count). The van der Waals surface area contributed by atoms with Gasteiger partial charge in [-0.05, 0) is 72.9 Å². The molecular formula is C22H14BrN3O4S. The van der Waals surface area contributed by atoms with Crippen molar-refractivity contribution in [3.63, 3.8) is 0 Å². The summed E-state index contributed by atoms with van der Waals surface area (Å²) in [4.78, 5) is 38.2. The highest BCUT2D eigenvalue weighted by Gasteiger charge is 2.35. The Bertz CT molecular complexity index is 1260. The van der Waals surface area contributed by atoms with Gasteiger partial charge in [0.05, 0.1) is 11.3 Å². The number of carbonyl (C=O) groups excluding carboxylic acids is 2. The largest absolute Gasteiger partial charge is 0.478 e. The number of thiocarbonyl (C=S) groups is 1. The van der Waals surface area contributed by atoms with Crippen LogP contribution in [-0.2, 0) is 9.59 Å². The van der Waals surface area contributed by atoms with Gasteiger partial charge in [0.15, 0.2) is 5.11 Å². The van der Waals surface area contributed by atoms with Crippen LogP contribution in [0.25, 0.3) is 11.8 Å². The lowest BCUT2D eigenvalue weighted by Crippen LogP contribution is -2.54. The molecule has 1 aliphatic heterocycles. The maximum Gasteiger partial charge on any atom is 0.335 e. The third kappa shape index (κ3) is 4.05. The second kappa shape index (κ2) is 8.29. The molecule has 154 valence electrons. The summed E-state index contributed by atoms with van der Waals surface area (Å²) >= 11 is 8.57. The minimum atomic E-state index is -1.13. The number of benzene rings is 2. The van der Waals surface area contributed by atoms with Gasteiger partial charge in [-0.15, -0.1) is 0 Å². The number of anilines is 1. The second-order valence-electron chi connectivity index (χ2n) is 6.59. The molecule has 1 saturated heterocycles. The van der Waals surface area contributed by atoms with Crippen LogP contribution in [0.1, 0.15) is 16.1 Å². The highest BCUT2D eigenvalue weighted by Crippen LogP contribution is 2.24. The smallest absolute Gasteiger partial charge is 0.335 e. The lowest BCUT2D eigenvalue weighted by Gasteiger charge is -2.29. The Balaban J connectivity index is 1.74. The predicted octanol–water partition coefficient (Wildman–Crippen LogP) is 3.77. The summed E-state index contributed by atoms with van der Waals surface area (Å²) in [6, 6.07) is 16.9. The molecule has 9 heteroatoms. The standard InChI is InChI=1S/C22H14BrN3O4S/c23-14-6-8-15(9-7-14)25-10-2-5-16(25)12-18-19(27)24-22(31)26(20(18)28)17-4-1-3-13(11-17)21(29)30/h1-12H,(H,29,30)(H,24,27,31). The molecule has 0 atom stereocenters. The zero-order chi connectivity index (χ0) is 22.1. The second-order valence-corrected chi connectivity index (χ2v) is 7.90. The summed E-state index contributed by atoms with van der Waals surface area (Å²) in [6.45, 7) is 0. The van der Waals surface area contributed by atoms with E-state index in [1.54, 1.807) is 18.2 Å². The number of aromatic nitrogens is 1. The Morgan fingerprint density at radius 2 is 1.77 bits per heavy atom. The molecule has 31 heavy (non-hydrogen) atoms. The van der Waals surface area contributed by atoms with Crippen molar-refractivity contribution in [3.05, 3.63) is 88.2 Å². The van der Waals surface area contributed by atoms with Gasteiger partial charge in [0.1, 0.15) is 5.57 Å². The summed E-state index contributed by atoms with van der Waals surface area (Å²) < 4.78 is 2.76. The summed E-state index contributed by atoms with van der Waals surface area (Å²) in [7, 11) is 0. The fourth-order valence-corrected chi connectivity index (χ4v) is 3.71. The first-order chi connectivity index (χ1) is 14.8. The quantitative estimate of drug-likeness (QED) is 0.326. The number of hydrogen-bond donors (Lipinski definition) is 2. The number of carboxylic acids is 1. The average Bonchev–Trinajstić information content (AvgIpc) is 3.20. The number of amides is 2. The normalized spacial score (nSPS) is 15.3. The maximum absolute atomic E-state index is 13.2. The van der Waals surface area contributed by atoms with Gasteiger partial charge >= 0.3 is 5.97 Å². The molecule has 2 aromatic carbocycles. The Hall–Kier alpha value is -3.56. The van der Waals surface area contributed by atoms with Crippen LogP contribution in [0.3, 0.4) is 0 Å². The Kier molecular flexibility index (Phi) is 5.53. The van der Waals surface area contributed by atoms with Gasteiger partial charge in [-0.1, -0.05) is 22.0 Å². The number of halogens is 1. The van der Waals surface area contributed by atoms with Gasteiger partial charge in [-0.2, -0.15) is 0 Å². The molecular weight excluding hydrogens is 482 g/mol. The van der Waals surface area contributed by atoms with Gasteiger partial charge in [-0.3, -0.25) is 19.8 Å². The molecule has 7 nitrogen and oxygen atoms in total. The van der Waals surface area contributed by atoms with Crippen molar-refractivity contribution in [2.75, 3.05) is 4.90 Å². The van der Waals surface area contributed by atoms with E-state index in [2.05, 4.69) is 21.2 Å². The van der Waals surface area contributed by atoms with E-state index in [1.165, 1.54) is 24.3 Å². The molecule has 0 aliphatic carbocycles. The molecule has 0 saturated carbocycles. The first-order valence-electron chi connectivity index (χ1n) is 9.03. The van der Waals surface area contributed by atoms with E-state index in [-0.39, 0.29) is 21.9 Å². The zero-order valence-electron chi connectivity index (χ0n) is 15.8. The van der Waals surface area contributed by atoms with Crippen LogP contribution in [0, 0.1) is 0 Å². The first-order valence-corrected chi connectivity index (χ1v) is 10.2. The molecule has 1 aromatic heterocycles. The Morgan fingerprint density at radius 3 is 2.48 bits per heavy atom. The van der Waals surface area contributed by atoms with Crippen LogP contribution in [0.15, 0.2) is 76.9 Å². The average molecular weight is 496 g/mol. The fraction of sp³-hybridized carbons (Fsp3) is 0. The highest BCUT2D eigenvalue weighted by atomic mass is 79.9. The molecule has 3 aromatic rings. The van der Waals surface area contributed by atoms with E-state index in [9.17, 15) is 19.5 Å². The van der Waals surface area contributed by atoms with Crippen molar-refractivity contribution in [3.8, 4) is 5.69 Å². The lowest BCUT2D eigenvalue weighted by atomic mass is 10.1. The minimum absolute atomic E-state index is 0.000329. The monoisotopic (exact) mass is 495 g/mol. The van der Waals surface area contributed by atoms with Crippen molar-refractivity contribution in [2.24, 2.45) is 0 Å². The molecule has 1 aliphatic rings. The van der Waals surface area contributed by atoms with Crippen LogP contribution >= 0.6 is 28.1 Å². The van der Waals surface area contributed by atoms with Gasteiger partial charge in [0, 0.05) is 22.1 Å². The molecule has 0 bridgehead atoms. The van der Waals surface area contributed by atoms with Crippen LogP contribution in [0.5, 0.6) is 0 Å². The summed E-state index contributed by atoms with van der Waals surface area (Å²) in [5.74, 6) is -2.40. The molecule has 2 heterocycles. The first kappa shape index (κ1) is 20.7.